The van der Waals surface area contributed by atoms with E-state index in [1.807, 2.05) is 0 Å². The Kier molecular flexibility index (Phi) is 6.08. The normalized spacial score (nSPS) is 12.3. The van der Waals surface area contributed by atoms with Gasteiger partial charge in [0.2, 0.25) is 0 Å². The number of carbonyl (C=O) groups excluding carboxylic acids is 3. The number of carbonyl (C=O) groups is 3. The van der Waals surface area contributed by atoms with Crippen LogP contribution in [0.15, 0.2) is 18.2 Å². The highest BCUT2D eigenvalue weighted by molar-refractivity contribution is 6.01. The molecular weight excluding hydrogens is 395 g/mol. The van der Waals surface area contributed by atoms with Crippen LogP contribution in [0.1, 0.15) is 20.7 Å². The topological polar surface area (TPSA) is 81.7 Å². The summed E-state index contributed by atoms with van der Waals surface area (Å²) in [5.41, 5.74) is -1.84. The maximum atomic E-state index is 13.4. The first kappa shape index (κ1) is 22.2. The summed E-state index contributed by atoms with van der Waals surface area (Å²) in [6.45, 7) is 0. The Balaban J connectivity index is 3.32. The van der Waals surface area contributed by atoms with Gasteiger partial charge in [-0.3, -0.25) is 4.79 Å². The standard InChI is InChI=1S/C14H10F7NO5/c1-26-9(23)6-3-7(10(24)27-2)5-8(4-6)22-11(25)12(15,16)13(17,18)14(19,20)21/h3-5H,1-2H3,(H,22,25). The van der Waals surface area contributed by atoms with Crippen molar-refractivity contribution in [1.82, 2.24) is 0 Å². The van der Waals surface area contributed by atoms with Crippen LogP contribution in [-0.2, 0) is 14.3 Å². The largest absolute Gasteiger partial charge is 0.465 e. The first-order chi connectivity index (χ1) is 12.2. The summed E-state index contributed by atoms with van der Waals surface area (Å²) in [5, 5.41) is 1.11. The number of hydrogen-bond acceptors (Lipinski definition) is 5. The second-order valence-corrected chi connectivity index (χ2v) is 4.88. The molecule has 1 rings (SSSR count). The fourth-order valence-electron chi connectivity index (χ4n) is 1.70. The Labute approximate surface area is 146 Å². The lowest BCUT2D eigenvalue weighted by Crippen LogP contribution is -2.57. The van der Waals surface area contributed by atoms with Crippen molar-refractivity contribution < 1.29 is 54.6 Å². The van der Waals surface area contributed by atoms with Crippen molar-refractivity contribution in [3.63, 3.8) is 0 Å². The molecule has 0 aromatic heterocycles. The van der Waals surface area contributed by atoms with E-state index in [1.54, 1.807) is 0 Å². The molecule has 0 saturated carbocycles. The molecule has 1 aromatic carbocycles. The van der Waals surface area contributed by atoms with Gasteiger partial charge in [-0.05, 0) is 18.2 Å². The van der Waals surface area contributed by atoms with E-state index in [2.05, 4.69) is 9.47 Å². The van der Waals surface area contributed by atoms with Crippen molar-refractivity contribution in [2.24, 2.45) is 0 Å². The Morgan fingerprint density at radius 2 is 1.22 bits per heavy atom. The van der Waals surface area contributed by atoms with Crippen LogP contribution in [0.3, 0.4) is 0 Å². The first-order valence-corrected chi connectivity index (χ1v) is 6.64. The molecule has 0 radical (unpaired) electrons. The highest BCUT2D eigenvalue weighted by atomic mass is 19.4. The van der Waals surface area contributed by atoms with E-state index in [1.165, 1.54) is 0 Å². The van der Waals surface area contributed by atoms with Gasteiger partial charge < -0.3 is 14.8 Å². The Bertz CT molecular complexity index is 726. The van der Waals surface area contributed by atoms with Crippen molar-refractivity contribution in [2.45, 2.75) is 18.0 Å². The predicted octanol–water partition coefficient (Wildman–Crippen LogP) is 3.03. The Morgan fingerprint density at radius 1 is 0.815 bits per heavy atom. The average Bonchev–Trinajstić information content (AvgIpc) is 2.58. The lowest BCUT2D eigenvalue weighted by Gasteiger charge is -2.27. The number of benzene rings is 1. The van der Waals surface area contributed by atoms with Crippen LogP contribution < -0.4 is 5.32 Å². The molecule has 0 saturated heterocycles. The number of halogens is 7. The third kappa shape index (κ3) is 4.28. The number of amides is 1. The zero-order valence-electron chi connectivity index (χ0n) is 13.4. The predicted molar refractivity (Wildman–Crippen MR) is 73.7 cm³/mol. The number of anilines is 1. The highest BCUT2D eigenvalue weighted by Crippen LogP contribution is 2.46. The maximum absolute atomic E-state index is 13.4. The van der Waals surface area contributed by atoms with E-state index >= 15 is 0 Å². The van der Waals surface area contributed by atoms with E-state index in [0.717, 1.165) is 25.6 Å². The quantitative estimate of drug-likeness (QED) is 0.602. The average molecular weight is 405 g/mol. The van der Waals surface area contributed by atoms with E-state index in [4.69, 9.17) is 0 Å². The van der Waals surface area contributed by atoms with Crippen molar-refractivity contribution >= 4 is 23.5 Å². The molecule has 0 bridgehead atoms. The van der Waals surface area contributed by atoms with Crippen molar-refractivity contribution in [3.8, 4) is 0 Å². The molecule has 0 heterocycles. The summed E-state index contributed by atoms with van der Waals surface area (Å²) < 4.78 is 97.5. The van der Waals surface area contributed by atoms with Crippen LogP contribution in [0.2, 0.25) is 0 Å². The minimum Gasteiger partial charge on any atom is -0.465 e. The summed E-state index contributed by atoms with van der Waals surface area (Å²) >= 11 is 0. The summed E-state index contributed by atoms with van der Waals surface area (Å²) in [5.74, 6) is -18.1. The second-order valence-electron chi connectivity index (χ2n) is 4.88. The zero-order chi connectivity index (χ0) is 21.2. The van der Waals surface area contributed by atoms with Gasteiger partial charge in [0.1, 0.15) is 0 Å². The molecule has 150 valence electrons. The minimum atomic E-state index is -6.71. The summed E-state index contributed by atoms with van der Waals surface area (Å²) in [6, 6.07) is 2.10. The van der Waals surface area contributed by atoms with Gasteiger partial charge in [0.15, 0.2) is 0 Å². The van der Waals surface area contributed by atoms with Gasteiger partial charge in [-0.2, -0.15) is 30.7 Å². The van der Waals surface area contributed by atoms with Gasteiger partial charge in [-0.15, -0.1) is 0 Å². The van der Waals surface area contributed by atoms with Crippen LogP contribution >= 0.6 is 0 Å². The molecule has 0 atom stereocenters. The Morgan fingerprint density at radius 3 is 1.56 bits per heavy atom. The molecule has 1 N–H and O–H groups in total. The fraction of sp³-hybridized carbons (Fsp3) is 0.357. The van der Waals surface area contributed by atoms with Crippen molar-refractivity contribution in [1.29, 1.82) is 0 Å². The molecule has 0 aliphatic rings. The van der Waals surface area contributed by atoms with E-state index in [9.17, 15) is 45.1 Å². The van der Waals surface area contributed by atoms with Crippen LogP contribution in [0, 0.1) is 0 Å². The lowest BCUT2D eigenvalue weighted by molar-refractivity contribution is -0.343. The lowest BCUT2D eigenvalue weighted by atomic mass is 10.1. The summed E-state index contributed by atoms with van der Waals surface area (Å²) in [4.78, 5) is 34.4. The third-order valence-electron chi connectivity index (χ3n) is 3.07. The molecule has 1 amide bonds. The van der Waals surface area contributed by atoms with Crippen LogP contribution in [0.5, 0.6) is 0 Å². The van der Waals surface area contributed by atoms with Gasteiger partial charge in [-0.1, -0.05) is 0 Å². The maximum Gasteiger partial charge on any atom is 0.460 e. The molecule has 13 heteroatoms. The molecule has 0 aliphatic heterocycles. The molecule has 1 aromatic rings. The monoisotopic (exact) mass is 405 g/mol. The zero-order valence-corrected chi connectivity index (χ0v) is 13.4. The summed E-state index contributed by atoms with van der Waals surface area (Å²) in [7, 11) is 1.81. The van der Waals surface area contributed by atoms with Crippen LogP contribution in [0.25, 0.3) is 0 Å². The summed E-state index contributed by atoms with van der Waals surface area (Å²) in [6.07, 6.45) is -6.71. The van der Waals surface area contributed by atoms with Crippen LogP contribution in [-0.4, -0.2) is 50.1 Å². The SMILES string of the molecule is COC(=O)c1cc(NC(=O)C(F)(F)C(F)(F)C(F)(F)F)cc(C(=O)OC)c1. The number of ether oxygens (including phenoxy) is 2. The molecular formula is C14H10F7NO5. The molecule has 0 aliphatic carbocycles. The number of alkyl halides is 7. The number of nitrogens with one attached hydrogen (secondary N) is 1. The van der Waals surface area contributed by atoms with Gasteiger partial charge in [0, 0.05) is 5.69 Å². The molecule has 6 nitrogen and oxygen atoms in total. The Hall–Kier alpha value is -2.86. The first-order valence-electron chi connectivity index (χ1n) is 6.64. The highest BCUT2D eigenvalue weighted by Gasteiger charge is 2.76. The van der Waals surface area contributed by atoms with Gasteiger partial charge in [-0.25, -0.2) is 9.59 Å². The van der Waals surface area contributed by atoms with E-state index in [-0.39, 0.29) is 0 Å². The smallest absolute Gasteiger partial charge is 0.460 e. The van der Waals surface area contributed by atoms with Gasteiger partial charge in [0.25, 0.3) is 0 Å². The fourth-order valence-corrected chi connectivity index (χ4v) is 1.70. The van der Waals surface area contributed by atoms with E-state index < -0.39 is 52.7 Å². The van der Waals surface area contributed by atoms with Gasteiger partial charge in [0.05, 0.1) is 25.3 Å². The van der Waals surface area contributed by atoms with Crippen molar-refractivity contribution in [3.05, 3.63) is 29.3 Å². The minimum absolute atomic E-state index is 0.499. The van der Waals surface area contributed by atoms with Crippen molar-refractivity contribution in [2.75, 3.05) is 19.5 Å². The molecule has 0 unspecified atom stereocenters. The third-order valence-corrected chi connectivity index (χ3v) is 3.07. The number of rotatable bonds is 5. The second kappa shape index (κ2) is 7.40. The number of esters is 2. The van der Waals surface area contributed by atoms with Crippen LogP contribution in [0.4, 0.5) is 36.4 Å². The number of hydrogen-bond donors (Lipinski definition) is 1. The molecule has 27 heavy (non-hydrogen) atoms. The number of methoxy groups -OCH3 is 2. The molecule has 0 spiro atoms. The molecule has 0 fully saturated rings. The van der Waals surface area contributed by atoms with E-state index in [0.29, 0.717) is 12.1 Å². The van der Waals surface area contributed by atoms with Gasteiger partial charge >= 0.3 is 35.9 Å².